The van der Waals surface area contributed by atoms with Crippen LogP contribution in [0.1, 0.15) is 40.8 Å². The van der Waals surface area contributed by atoms with Crippen molar-refractivity contribution in [1.82, 2.24) is 4.90 Å². The van der Waals surface area contributed by atoms with Gasteiger partial charge in [0.2, 0.25) is 0 Å². The second kappa shape index (κ2) is 12.1. The predicted molar refractivity (Wildman–Crippen MR) is 163 cm³/mol. The van der Waals surface area contributed by atoms with Gasteiger partial charge in [-0.25, -0.2) is 0 Å². The lowest BCUT2D eigenvalue weighted by Crippen LogP contribution is -2.31. The summed E-state index contributed by atoms with van der Waals surface area (Å²) in [5.74, 6) is 0.180. The molecule has 0 aliphatic carbocycles. The standard InChI is InChI=1S/C36H33NO6/c1-23-19-28-20-27(14-15-29(28)43-23)34(38)32-33(37(36(40)35(32)39)18-17-24-9-5-3-6-10-24)26-13-16-30(31(21-26)41-2)42-22-25-11-7-4-8-12-25/h3-16,20-21,23,33,38H,17-19,22H2,1-2H3/t23-,33+/m1/s1. The van der Waals surface area contributed by atoms with Crippen molar-refractivity contribution in [3.8, 4) is 17.2 Å². The van der Waals surface area contributed by atoms with E-state index >= 15 is 0 Å². The van der Waals surface area contributed by atoms with Gasteiger partial charge in [-0.15, -0.1) is 0 Å². The number of ether oxygens (including phenoxy) is 3. The Morgan fingerprint density at radius 3 is 2.35 bits per heavy atom. The van der Waals surface area contributed by atoms with Crippen LogP contribution in [0.3, 0.4) is 0 Å². The Balaban J connectivity index is 1.39. The van der Waals surface area contributed by atoms with Gasteiger partial charge in [0.15, 0.2) is 11.5 Å². The number of hydrogen-bond acceptors (Lipinski definition) is 6. The van der Waals surface area contributed by atoms with Crippen LogP contribution in [0, 0.1) is 0 Å². The van der Waals surface area contributed by atoms with Crippen molar-refractivity contribution in [2.45, 2.75) is 38.5 Å². The minimum Gasteiger partial charge on any atom is -0.507 e. The van der Waals surface area contributed by atoms with Crippen LogP contribution in [0.2, 0.25) is 0 Å². The SMILES string of the molecule is COc1cc([C@H]2C(=C(O)c3ccc4c(c3)C[C@@H](C)O4)C(=O)C(=O)N2CCc2ccccc2)ccc1OCc1ccccc1. The lowest BCUT2D eigenvalue weighted by molar-refractivity contribution is -0.139. The lowest BCUT2D eigenvalue weighted by Gasteiger charge is -2.26. The van der Waals surface area contributed by atoms with E-state index in [1.165, 1.54) is 0 Å². The second-order valence-corrected chi connectivity index (χ2v) is 10.9. The Hall–Kier alpha value is -5.04. The average Bonchev–Trinajstić information content (AvgIpc) is 3.54. The smallest absolute Gasteiger partial charge is 0.295 e. The first-order valence-corrected chi connectivity index (χ1v) is 14.4. The number of nitrogens with zero attached hydrogens (tertiary/aromatic N) is 1. The Morgan fingerprint density at radius 2 is 1.63 bits per heavy atom. The summed E-state index contributed by atoms with van der Waals surface area (Å²) in [5, 5.41) is 11.6. The molecule has 7 heteroatoms. The highest BCUT2D eigenvalue weighted by Crippen LogP contribution is 2.43. The van der Waals surface area contributed by atoms with E-state index in [-0.39, 0.29) is 17.4 Å². The van der Waals surface area contributed by atoms with E-state index in [0.29, 0.717) is 48.6 Å². The summed E-state index contributed by atoms with van der Waals surface area (Å²) in [5.41, 5.74) is 4.15. The summed E-state index contributed by atoms with van der Waals surface area (Å²) in [4.78, 5) is 28.7. The van der Waals surface area contributed by atoms with Crippen LogP contribution in [-0.2, 0) is 29.0 Å². The van der Waals surface area contributed by atoms with Crippen LogP contribution in [0.15, 0.2) is 103 Å². The van der Waals surface area contributed by atoms with Crippen LogP contribution in [0.4, 0.5) is 0 Å². The molecule has 0 radical (unpaired) electrons. The number of amides is 1. The number of ketones is 1. The summed E-state index contributed by atoms with van der Waals surface area (Å²) >= 11 is 0. The zero-order valence-corrected chi connectivity index (χ0v) is 24.2. The highest BCUT2D eigenvalue weighted by molar-refractivity contribution is 6.46. The zero-order chi connectivity index (χ0) is 29.9. The molecule has 1 saturated heterocycles. The van der Waals surface area contributed by atoms with E-state index in [9.17, 15) is 14.7 Å². The summed E-state index contributed by atoms with van der Waals surface area (Å²) in [6.45, 7) is 2.63. The molecule has 0 bridgehead atoms. The maximum atomic E-state index is 13.6. The highest BCUT2D eigenvalue weighted by atomic mass is 16.5. The molecular weight excluding hydrogens is 542 g/mol. The van der Waals surface area contributed by atoms with E-state index in [2.05, 4.69) is 0 Å². The fourth-order valence-corrected chi connectivity index (χ4v) is 5.79. The van der Waals surface area contributed by atoms with Gasteiger partial charge in [-0.2, -0.15) is 0 Å². The number of hydrogen-bond donors (Lipinski definition) is 1. The number of fused-ring (bicyclic) bond motifs is 1. The largest absolute Gasteiger partial charge is 0.507 e. The normalized spacial score (nSPS) is 18.8. The van der Waals surface area contributed by atoms with Crippen molar-refractivity contribution < 1.29 is 28.9 Å². The Bertz CT molecular complexity index is 1680. The number of carbonyl (C=O) groups is 2. The van der Waals surface area contributed by atoms with E-state index in [1.807, 2.05) is 79.7 Å². The van der Waals surface area contributed by atoms with E-state index in [4.69, 9.17) is 14.2 Å². The van der Waals surface area contributed by atoms with Crippen LogP contribution in [0.5, 0.6) is 17.2 Å². The third kappa shape index (κ3) is 5.71. The Labute approximate surface area is 250 Å². The van der Waals surface area contributed by atoms with Gasteiger partial charge >= 0.3 is 0 Å². The van der Waals surface area contributed by atoms with Crippen molar-refractivity contribution in [3.63, 3.8) is 0 Å². The Kier molecular flexibility index (Phi) is 7.88. The van der Waals surface area contributed by atoms with Crippen LogP contribution < -0.4 is 14.2 Å². The first kappa shape index (κ1) is 28.1. The average molecular weight is 576 g/mol. The molecule has 0 saturated carbocycles. The maximum Gasteiger partial charge on any atom is 0.295 e. The van der Waals surface area contributed by atoms with E-state index in [1.54, 1.807) is 36.3 Å². The van der Waals surface area contributed by atoms with Crippen LogP contribution >= 0.6 is 0 Å². The molecular formula is C36H33NO6. The molecule has 2 aliphatic rings. The third-order valence-corrected chi connectivity index (χ3v) is 7.93. The predicted octanol–water partition coefficient (Wildman–Crippen LogP) is 6.26. The molecule has 2 aliphatic heterocycles. The van der Waals surface area contributed by atoms with Gasteiger partial charge in [0.1, 0.15) is 24.2 Å². The maximum absolute atomic E-state index is 13.6. The number of rotatable bonds is 9. The molecule has 1 N–H and O–H groups in total. The highest BCUT2D eigenvalue weighted by Gasteiger charge is 2.46. The molecule has 2 heterocycles. The van der Waals surface area contributed by atoms with Crippen molar-refractivity contribution in [2.75, 3.05) is 13.7 Å². The number of aliphatic hydroxyl groups excluding tert-OH is 1. The third-order valence-electron chi connectivity index (χ3n) is 7.93. The van der Waals surface area contributed by atoms with Crippen LogP contribution in [0.25, 0.3) is 5.76 Å². The van der Waals surface area contributed by atoms with Gasteiger partial charge in [0.05, 0.1) is 18.7 Å². The van der Waals surface area contributed by atoms with Gasteiger partial charge in [-0.3, -0.25) is 9.59 Å². The number of aliphatic hydroxyl groups is 1. The molecule has 2 atom stereocenters. The molecule has 4 aromatic rings. The molecule has 0 unspecified atom stereocenters. The topological polar surface area (TPSA) is 85.3 Å². The minimum absolute atomic E-state index is 0.0334. The van der Waals surface area contributed by atoms with Crippen LogP contribution in [-0.4, -0.2) is 41.5 Å². The molecule has 4 aromatic carbocycles. The van der Waals surface area contributed by atoms with Gasteiger partial charge < -0.3 is 24.2 Å². The quantitative estimate of drug-likeness (QED) is 0.144. The van der Waals surface area contributed by atoms with Gasteiger partial charge in [-0.1, -0.05) is 66.7 Å². The molecule has 1 fully saturated rings. The number of likely N-dealkylation sites (tertiary alicyclic amines) is 1. The summed E-state index contributed by atoms with van der Waals surface area (Å²) in [6, 6.07) is 29.5. The monoisotopic (exact) mass is 575 g/mol. The first-order chi connectivity index (χ1) is 20.9. The fraction of sp³-hybridized carbons (Fsp3) is 0.222. The molecule has 7 nitrogen and oxygen atoms in total. The number of benzene rings is 4. The van der Waals surface area contributed by atoms with Gasteiger partial charge in [0, 0.05) is 18.5 Å². The number of methoxy groups -OCH3 is 1. The molecule has 43 heavy (non-hydrogen) atoms. The van der Waals surface area contributed by atoms with Crippen molar-refractivity contribution >= 4 is 17.4 Å². The lowest BCUT2D eigenvalue weighted by atomic mass is 9.94. The molecule has 218 valence electrons. The fourth-order valence-electron chi connectivity index (χ4n) is 5.79. The summed E-state index contributed by atoms with van der Waals surface area (Å²) < 4.78 is 17.6. The number of Topliss-reactive ketones (excluding diaryl/α,β-unsaturated/α-hetero) is 1. The minimum atomic E-state index is -0.816. The first-order valence-electron chi connectivity index (χ1n) is 14.4. The molecule has 1 amide bonds. The molecule has 6 rings (SSSR count). The van der Waals surface area contributed by atoms with Crippen molar-refractivity contribution in [2.24, 2.45) is 0 Å². The summed E-state index contributed by atoms with van der Waals surface area (Å²) in [7, 11) is 1.55. The Morgan fingerprint density at radius 1 is 0.907 bits per heavy atom. The van der Waals surface area contributed by atoms with Crippen molar-refractivity contribution in [1.29, 1.82) is 0 Å². The van der Waals surface area contributed by atoms with Crippen molar-refractivity contribution in [3.05, 3.63) is 130 Å². The van der Waals surface area contributed by atoms with Gasteiger partial charge in [0.25, 0.3) is 11.7 Å². The van der Waals surface area contributed by atoms with E-state index in [0.717, 1.165) is 22.4 Å². The molecule has 0 aromatic heterocycles. The summed E-state index contributed by atoms with van der Waals surface area (Å²) in [6.07, 6.45) is 1.28. The molecule has 0 spiro atoms. The van der Waals surface area contributed by atoms with Gasteiger partial charge in [-0.05, 0) is 65.9 Å². The van der Waals surface area contributed by atoms with E-state index < -0.39 is 17.7 Å². The second-order valence-electron chi connectivity index (χ2n) is 10.9. The number of carbonyl (C=O) groups excluding carboxylic acids is 2. The zero-order valence-electron chi connectivity index (χ0n) is 24.2.